The fourth-order valence-corrected chi connectivity index (χ4v) is 2.45. The molecule has 0 bridgehead atoms. The summed E-state index contributed by atoms with van der Waals surface area (Å²) in [6, 6.07) is 6.92. The van der Waals surface area contributed by atoms with Gasteiger partial charge in [0.1, 0.15) is 0 Å². The highest BCUT2D eigenvalue weighted by molar-refractivity contribution is 6.21. The Morgan fingerprint density at radius 3 is 2.11 bits per heavy atom. The highest BCUT2D eigenvalue weighted by Gasteiger charge is 2.37. The number of fused-ring (bicyclic) bond motifs is 1. The van der Waals surface area contributed by atoms with E-state index < -0.39 is 0 Å². The van der Waals surface area contributed by atoms with Gasteiger partial charge < -0.3 is 5.11 Å². The second kappa shape index (κ2) is 5.13. The molecule has 1 N–H and O–H groups in total. The van der Waals surface area contributed by atoms with Gasteiger partial charge in [0, 0.05) is 13.2 Å². The van der Waals surface area contributed by atoms with E-state index in [0.29, 0.717) is 24.1 Å². The summed E-state index contributed by atoms with van der Waals surface area (Å²) < 4.78 is 0. The van der Waals surface area contributed by atoms with Crippen molar-refractivity contribution in [3.05, 3.63) is 35.4 Å². The molecule has 0 unspecified atom stereocenters. The zero-order valence-corrected chi connectivity index (χ0v) is 11.3. The third-order valence-corrected chi connectivity index (χ3v) is 3.48. The van der Waals surface area contributed by atoms with Gasteiger partial charge in [-0.2, -0.15) is 0 Å². The molecule has 19 heavy (non-hydrogen) atoms. The molecule has 102 valence electrons. The van der Waals surface area contributed by atoms with Crippen LogP contribution in [-0.2, 0) is 0 Å². The van der Waals surface area contributed by atoms with E-state index in [1.54, 1.807) is 24.3 Å². The maximum absolute atomic E-state index is 12.2. The van der Waals surface area contributed by atoms with Gasteiger partial charge in [-0.05, 0) is 30.4 Å². The van der Waals surface area contributed by atoms with Crippen molar-refractivity contribution >= 4 is 11.8 Å². The van der Waals surface area contributed by atoms with Gasteiger partial charge in [-0.3, -0.25) is 14.5 Å². The molecule has 0 aromatic heterocycles. The summed E-state index contributed by atoms with van der Waals surface area (Å²) in [6.45, 7) is 4.53. The van der Waals surface area contributed by atoms with Gasteiger partial charge >= 0.3 is 0 Å². The molecule has 0 aliphatic carbocycles. The number of hydrogen-bond acceptors (Lipinski definition) is 3. The van der Waals surface area contributed by atoms with Crippen molar-refractivity contribution in [2.75, 3.05) is 13.2 Å². The van der Waals surface area contributed by atoms with Gasteiger partial charge in [-0.25, -0.2) is 0 Å². The summed E-state index contributed by atoms with van der Waals surface area (Å²) in [6.07, 6.45) is 1.45. The topological polar surface area (TPSA) is 57.6 Å². The zero-order valence-electron chi connectivity index (χ0n) is 11.3. The van der Waals surface area contributed by atoms with Crippen LogP contribution in [0.3, 0.4) is 0 Å². The lowest BCUT2D eigenvalue weighted by molar-refractivity contribution is 0.0579. The van der Waals surface area contributed by atoms with Crippen molar-refractivity contribution in [3.63, 3.8) is 0 Å². The number of nitrogens with zero attached hydrogens (tertiary/aromatic N) is 1. The largest absolute Gasteiger partial charge is 0.396 e. The van der Waals surface area contributed by atoms with Crippen LogP contribution in [0.4, 0.5) is 0 Å². The van der Waals surface area contributed by atoms with Crippen LogP contribution in [0.5, 0.6) is 0 Å². The predicted octanol–water partition coefficient (Wildman–Crippen LogP) is 2.08. The summed E-state index contributed by atoms with van der Waals surface area (Å²) in [7, 11) is 0. The first-order valence-corrected chi connectivity index (χ1v) is 6.52. The van der Waals surface area contributed by atoms with Crippen LogP contribution < -0.4 is 0 Å². The number of benzene rings is 1. The third kappa shape index (κ3) is 2.68. The number of hydrogen-bond donors (Lipinski definition) is 1. The fraction of sp³-hybridized carbons (Fsp3) is 0.467. The second-order valence-corrected chi connectivity index (χ2v) is 5.73. The van der Waals surface area contributed by atoms with Crippen molar-refractivity contribution < 1.29 is 14.7 Å². The molecule has 1 aliphatic heterocycles. The molecule has 1 aromatic carbocycles. The van der Waals surface area contributed by atoms with E-state index in [1.807, 2.05) is 13.8 Å². The van der Waals surface area contributed by atoms with E-state index in [4.69, 9.17) is 5.11 Å². The van der Waals surface area contributed by atoms with E-state index in [1.165, 1.54) is 4.90 Å². The van der Waals surface area contributed by atoms with Gasteiger partial charge in [-0.15, -0.1) is 0 Å². The zero-order chi connectivity index (χ0) is 14.0. The minimum atomic E-state index is -0.210. The van der Waals surface area contributed by atoms with Crippen LogP contribution in [0, 0.1) is 5.41 Å². The number of imide groups is 1. The van der Waals surface area contributed by atoms with Crippen LogP contribution >= 0.6 is 0 Å². The Morgan fingerprint density at radius 1 is 1.11 bits per heavy atom. The molecule has 1 heterocycles. The van der Waals surface area contributed by atoms with E-state index in [0.717, 1.165) is 6.42 Å². The Morgan fingerprint density at radius 2 is 1.63 bits per heavy atom. The van der Waals surface area contributed by atoms with Crippen LogP contribution in [0.1, 0.15) is 47.4 Å². The van der Waals surface area contributed by atoms with Gasteiger partial charge in [0.15, 0.2) is 0 Å². The first-order chi connectivity index (χ1) is 8.96. The Labute approximate surface area is 113 Å². The average Bonchev–Trinajstić information content (AvgIpc) is 2.62. The molecular formula is C15H19NO3. The van der Waals surface area contributed by atoms with E-state index in [9.17, 15) is 9.59 Å². The molecule has 1 aromatic rings. The van der Waals surface area contributed by atoms with E-state index in [-0.39, 0.29) is 23.8 Å². The Balaban J connectivity index is 2.16. The summed E-state index contributed by atoms with van der Waals surface area (Å²) in [4.78, 5) is 25.8. The van der Waals surface area contributed by atoms with Crippen LogP contribution in [0.2, 0.25) is 0 Å². The van der Waals surface area contributed by atoms with E-state index in [2.05, 4.69) is 0 Å². The van der Waals surface area contributed by atoms with Crippen molar-refractivity contribution in [1.29, 1.82) is 0 Å². The molecule has 4 heteroatoms. The highest BCUT2D eigenvalue weighted by atomic mass is 16.3. The molecule has 0 fully saturated rings. The Hall–Kier alpha value is -1.68. The molecular weight excluding hydrogens is 242 g/mol. The quantitative estimate of drug-likeness (QED) is 0.826. The van der Waals surface area contributed by atoms with Crippen LogP contribution in [-0.4, -0.2) is 35.0 Å². The standard InChI is InChI=1S/C15H19NO3/c1-15(2,8-5-9-17)10-16-13(18)11-6-3-4-7-12(11)14(16)19/h3-4,6-7,17H,5,8-10H2,1-2H3. The minimum absolute atomic E-state index is 0.131. The van der Waals surface area contributed by atoms with Gasteiger partial charge in [-0.1, -0.05) is 26.0 Å². The summed E-state index contributed by atoms with van der Waals surface area (Å²) in [5, 5.41) is 8.89. The summed E-state index contributed by atoms with van der Waals surface area (Å²) >= 11 is 0. The number of rotatable bonds is 5. The first kappa shape index (κ1) is 13.7. The van der Waals surface area contributed by atoms with Crippen molar-refractivity contribution in [1.82, 2.24) is 4.90 Å². The normalized spacial score (nSPS) is 15.0. The number of aliphatic hydroxyl groups is 1. The molecule has 1 aliphatic rings. The van der Waals surface area contributed by atoms with Crippen LogP contribution in [0.15, 0.2) is 24.3 Å². The first-order valence-electron chi connectivity index (χ1n) is 6.52. The molecule has 2 rings (SSSR count). The van der Waals surface area contributed by atoms with Crippen molar-refractivity contribution in [3.8, 4) is 0 Å². The lowest BCUT2D eigenvalue weighted by atomic mass is 9.87. The molecule has 0 atom stereocenters. The van der Waals surface area contributed by atoms with Crippen LogP contribution in [0.25, 0.3) is 0 Å². The summed E-state index contributed by atoms with van der Waals surface area (Å²) in [5.41, 5.74) is 0.798. The second-order valence-electron chi connectivity index (χ2n) is 5.73. The highest BCUT2D eigenvalue weighted by Crippen LogP contribution is 2.29. The molecule has 0 saturated carbocycles. The minimum Gasteiger partial charge on any atom is -0.396 e. The predicted molar refractivity (Wildman–Crippen MR) is 71.9 cm³/mol. The third-order valence-electron chi connectivity index (χ3n) is 3.48. The Bertz CT molecular complexity index is 473. The van der Waals surface area contributed by atoms with E-state index >= 15 is 0 Å². The molecule has 0 spiro atoms. The SMILES string of the molecule is CC(C)(CCCO)CN1C(=O)c2ccccc2C1=O. The number of carbonyl (C=O) groups excluding carboxylic acids is 2. The molecule has 0 radical (unpaired) electrons. The molecule has 2 amide bonds. The number of aliphatic hydroxyl groups excluding tert-OH is 1. The number of amides is 2. The molecule has 4 nitrogen and oxygen atoms in total. The smallest absolute Gasteiger partial charge is 0.261 e. The van der Waals surface area contributed by atoms with Gasteiger partial charge in [0.2, 0.25) is 0 Å². The lowest BCUT2D eigenvalue weighted by Gasteiger charge is -2.28. The molecule has 0 saturated heterocycles. The number of carbonyl (C=O) groups is 2. The lowest BCUT2D eigenvalue weighted by Crippen LogP contribution is -2.38. The monoisotopic (exact) mass is 261 g/mol. The van der Waals surface area contributed by atoms with Gasteiger partial charge in [0.25, 0.3) is 11.8 Å². The van der Waals surface area contributed by atoms with Crippen molar-refractivity contribution in [2.45, 2.75) is 26.7 Å². The van der Waals surface area contributed by atoms with Crippen molar-refractivity contribution in [2.24, 2.45) is 5.41 Å². The maximum atomic E-state index is 12.2. The van der Waals surface area contributed by atoms with Gasteiger partial charge in [0.05, 0.1) is 11.1 Å². The average molecular weight is 261 g/mol. The fourth-order valence-electron chi connectivity index (χ4n) is 2.45. The Kier molecular flexibility index (Phi) is 3.71. The summed E-state index contributed by atoms with van der Waals surface area (Å²) in [5.74, 6) is -0.421. The maximum Gasteiger partial charge on any atom is 0.261 e.